The maximum absolute atomic E-state index is 12.8. The molecular weight excluding hydrogens is 396 g/mol. The molecule has 1 aliphatic rings. The number of hydrogen-bond acceptors (Lipinski definition) is 5. The first kappa shape index (κ1) is 20.8. The van der Waals surface area contributed by atoms with Crippen LogP contribution in [0.25, 0.3) is 11.0 Å². The number of nitrogens with two attached hydrogens (primary N) is 1. The first-order valence-corrected chi connectivity index (χ1v) is 10.3. The Kier molecular flexibility index (Phi) is 5.34. The highest BCUT2D eigenvalue weighted by atomic mass is 16.2. The first-order valence-electron chi connectivity index (χ1n) is 10.3. The molecule has 2 N–H and O–H groups in total. The van der Waals surface area contributed by atoms with Crippen molar-refractivity contribution < 1.29 is 9.59 Å². The molecule has 0 bridgehead atoms. The molecule has 9 nitrogen and oxygen atoms in total. The van der Waals surface area contributed by atoms with Gasteiger partial charge in [-0.05, 0) is 37.5 Å². The van der Waals surface area contributed by atoms with Crippen molar-refractivity contribution in [1.29, 1.82) is 0 Å². The van der Waals surface area contributed by atoms with Gasteiger partial charge in [-0.2, -0.15) is 0 Å². The van der Waals surface area contributed by atoms with E-state index in [1.165, 1.54) is 6.20 Å². The molecule has 0 aliphatic carbocycles. The van der Waals surface area contributed by atoms with Crippen molar-refractivity contribution in [3.8, 4) is 0 Å². The molecule has 0 spiro atoms. The minimum atomic E-state index is -0.541. The molecule has 3 heterocycles. The maximum atomic E-state index is 12.8. The number of likely N-dealkylation sites (tertiary alicyclic amines) is 1. The van der Waals surface area contributed by atoms with Gasteiger partial charge in [-0.25, -0.2) is 14.8 Å². The number of aryl methyl sites for hydroxylation is 4. The van der Waals surface area contributed by atoms with Crippen LogP contribution in [0.15, 0.2) is 29.2 Å². The van der Waals surface area contributed by atoms with E-state index in [-0.39, 0.29) is 17.5 Å². The molecule has 1 saturated heterocycles. The number of hydrogen-bond donors (Lipinski definition) is 1. The molecular formula is C22H26N6O3. The lowest BCUT2D eigenvalue weighted by Crippen LogP contribution is -2.28. The Labute approximate surface area is 179 Å². The normalized spacial score (nSPS) is 16.2. The van der Waals surface area contributed by atoms with Crippen LogP contribution in [0.4, 0.5) is 0 Å². The molecule has 1 aromatic carbocycles. The second kappa shape index (κ2) is 7.98. The molecule has 162 valence electrons. The van der Waals surface area contributed by atoms with Crippen molar-refractivity contribution in [3.05, 3.63) is 57.5 Å². The number of amides is 2. The fraction of sp³-hybridized carbons (Fsp3) is 0.409. The van der Waals surface area contributed by atoms with Gasteiger partial charge in [0.2, 0.25) is 5.91 Å². The fourth-order valence-corrected chi connectivity index (χ4v) is 4.24. The Bertz CT molecular complexity index is 1240. The van der Waals surface area contributed by atoms with Crippen LogP contribution in [0, 0.1) is 6.92 Å². The lowest BCUT2D eigenvalue weighted by atomic mass is 10.1. The summed E-state index contributed by atoms with van der Waals surface area (Å²) in [5.74, 6) is 0.254. The van der Waals surface area contributed by atoms with Gasteiger partial charge in [-0.3, -0.25) is 18.7 Å². The smallest absolute Gasteiger partial charge is 0.328 e. The Morgan fingerprint density at radius 3 is 2.65 bits per heavy atom. The van der Waals surface area contributed by atoms with Gasteiger partial charge < -0.3 is 10.6 Å². The summed E-state index contributed by atoms with van der Waals surface area (Å²) in [4.78, 5) is 46.8. The van der Waals surface area contributed by atoms with Crippen molar-refractivity contribution in [2.24, 2.45) is 19.8 Å². The van der Waals surface area contributed by atoms with Crippen LogP contribution < -0.4 is 11.4 Å². The molecule has 1 atom stereocenters. The van der Waals surface area contributed by atoms with Gasteiger partial charge in [0.1, 0.15) is 5.82 Å². The lowest BCUT2D eigenvalue weighted by molar-refractivity contribution is -0.130. The highest BCUT2D eigenvalue weighted by molar-refractivity contribution is 5.93. The van der Waals surface area contributed by atoms with E-state index in [1.54, 1.807) is 30.2 Å². The van der Waals surface area contributed by atoms with E-state index in [0.29, 0.717) is 43.0 Å². The quantitative estimate of drug-likeness (QED) is 0.659. The summed E-state index contributed by atoms with van der Waals surface area (Å²) in [6.07, 6.45) is 3.28. The van der Waals surface area contributed by atoms with Gasteiger partial charge in [0, 0.05) is 45.7 Å². The number of carbonyl (C=O) groups is 2. The molecule has 31 heavy (non-hydrogen) atoms. The highest BCUT2D eigenvalue weighted by Gasteiger charge is 2.29. The monoisotopic (exact) mass is 422 g/mol. The summed E-state index contributed by atoms with van der Waals surface area (Å²) >= 11 is 0. The zero-order valence-corrected chi connectivity index (χ0v) is 18.0. The van der Waals surface area contributed by atoms with Crippen molar-refractivity contribution in [2.45, 2.75) is 32.1 Å². The molecule has 3 aromatic rings. The van der Waals surface area contributed by atoms with Crippen LogP contribution in [0.1, 0.15) is 46.2 Å². The topological polar surface area (TPSA) is 116 Å². The summed E-state index contributed by atoms with van der Waals surface area (Å²) in [6, 6.07) is 5.88. The predicted octanol–water partition coefficient (Wildman–Crippen LogP) is 1.02. The SMILES string of the molecule is Cc1nc([C@H]2CCN(C(=O)CCc3ccc4c(c3)n(C)c(=O)n4C)C2)ncc1C(N)=O. The van der Waals surface area contributed by atoms with Crippen molar-refractivity contribution in [1.82, 2.24) is 24.0 Å². The standard InChI is InChI=1S/C22H26N6O3/c1-13-16(20(23)30)11-24-21(25-13)15-8-9-28(12-15)19(29)7-5-14-4-6-17-18(10-14)27(3)22(31)26(17)2/h4,6,10-11,15H,5,7-9,12H2,1-3H3,(H2,23,30)/t15-/m0/s1. The van der Waals surface area contributed by atoms with Crippen LogP contribution in [-0.4, -0.2) is 48.9 Å². The predicted molar refractivity (Wildman–Crippen MR) is 116 cm³/mol. The minimum Gasteiger partial charge on any atom is -0.365 e. The van der Waals surface area contributed by atoms with Crippen molar-refractivity contribution in [2.75, 3.05) is 13.1 Å². The van der Waals surface area contributed by atoms with Crippen molar-refractivity contribution in [3.63, 3.8) is 0 Å². The number of primary amides is 1. The van der Waals surface area contributed by atoms with Crippen LogP contribution in [0.5, 0.6) is 0 Å². The fourth-order valence-electron chi connectivity index (χ4n) is 4.24. The molecule has 2 aromatic heterocycles. The molecule has 9 heteroatoms. The second-order valence-electron chi connectivity index (χ2n) is 8.14. The summed E-state index contributed by atoms with van der Waals surface area (Å²) in [5, 5.41) is 0. The van der Waals surface area contributed by atoms with Gasteiger partial charge in [0.25, 0.3) is 5.91 Å². The Morgan fingerprint density at radius 1 is 1.19 bits per heavy atom. The van der Waals surface area contributed by atoms with Gasteiger partial charge in [-0.1, -0.05) is 6.07 Å². The molecule has 1 aliphatic heterocycles. The second-order valence-corrected chi connectivity index (χ2v) is 8.14. The number of nitrogens with zero attached hydrogens (tertiary/aromatic N) is 5. The Hall–Kier alpha value is -3.49. The van der Waals surface area contributed by atoms with E-state index in [0.717, 1.165) is 23.0 Å². The molecule has 1 fully saturated rings. The summed E-state index contributed by atoms with van der Waals surface area (Å²) < 4.78 is 3.24. The van der Waals surface area contributed by atoms with E-state index in [1.807, 2.05) is 23.1 Å². The number of carbonyl (C=O) groups excluding carboxylic acids is 2. The summed E-state index contributed by atoms with van der Waals surface area (Å²) in [7, 11) is 3.51. The zero-order chi connectivity index (χ0) is 22.3. The Balaban J connectivity index is 1.39. The molecule has 0 radical (unpaired) electrons. The average molecular weight is 422 g/mol. The molecule has 0 saturated carbocycles. The molecule has 2 amide bonds. The number of rotatable bonds is 5. The summed E-state index contributed by atoms with van der Waals surface area (Å²) in [5.41, 5.74) is 8.91. The summed E-state index contributed by atoms with van der Waals surface area (Å²) in [6.45, 7) is 2.97. The van der Waals surface area contributed by atoms with Crippen molar-refractivity contribution >= 4 is 22.8 Å². The molecule has 0 unspecified atom stereocenters. The largest absolute Gasteiger partial charge is 0.365 e. The Morgan fingerprint density at radius 2 is 1.94 bits per heavy atom. The van der Waals surface area contributed by atoms with E-state index >= 15 is 0 Å². The van der Waals surface area contributed by atoms with E-state index in [2.05, 4.69) is 9.97 Å². The highest BCUT2D eigenvalue weighted by Crippen LogP contribution is 2.26. The van der Waals surface area contributed by atoms with Gasteiger partial charge in [0.05, 0.1) is 22.3 Å². The van der Waals surface area contributed by atoms with Gasteiger partial charge >= 0.3 is 5.69 Å². The van der Waals surface area contributed by atoms with E-state index in [4.69, 9.17) is 5.73 Å². The number of aromatic nitrogens is 4. The average Bonchev–Trinajstić information content (AvgIpc) is 3.32. The first-order chi connectivity index (χ1) is 14.8. The van der Waals surface area contributed by atoms with E-state index in [9.17, 15) is 14.4 Å². The number of fused-ring (bicyclic) bond motifs is 1. The third-order valence-corrected chi connectivity index (χ3v) is 6.13. The van der Waals surface area contributed by atoms with Crippen LogP contribution in [0.2, 0.25) is 0 Å². The lowest BCUT2D eigenvalue weighted by Gasteiger charge is -2.16. The number of imidazole rings is 1. The minimum absolute atomic E-state index is 0.0553. The molecule has 4 rings (SSSR count). The van der Waals surface area contributed by atoms with Crippen LogP contribution >= 0.6 is 0 Å². The number of benzene rings is 1. The maximum Gasteiger partial charge on any atom is 0.328 e. The zero-order valence-electron chi connectivity index (χ0n) is 18.0. The van der Waals surface area contributed by atoms with Gasteiger partial charge in [-0.15, -0.1) is 0 Å². The van der Waals surface area contributed by atoms with Crippen LogP contribution in [0.3, 0.4) is 0 Å². The van der Waals surface area contributed by atoms with E-state index < -0.39 is 5.91 Å². The third kappa shape index (κ3) is 3.83. The van der Waals surface area contributed by atoms with Gasteiger partial charge in [0.15, 0.2) is 0 Å². The van der Waals surface area contributed by atoms with Crippen LogP contribution in [-0.2, 0) is 25.3 Å². The third-order valence-electron chi connectivity index (χ3n) is 6.13.